The van der Waals surface area contributed by atoms with Crippen LogP contribution >= 0.6 is 0 Å². The van der Waals surface area contributed by atoms with Crippen LogP contribution in [0.2, 0.25) is 0 Å². The summed E-state index contributed by atoms with van der Waals surface area (Å²) in [4.78, 5) is 19.6. The van der Waals surface area contributed by atoms with Crippen LogP contribution in [0.5, 0.6) is 0 Å². The average molecular weight is 289 g/mol. The molecule has 5 nitrogen and oxygen atoms in total. The Balaban J connectivity index is 2.25. The quantitative estimate of drug-likeness (QED) is 0.877. The second-order valence-electron chi connectivity index (χ2n) is 4.60. The molecule has 0 spiro atoms. The van der Waals surface area contributed by atoms with E-state index in [1.807, 2.05) is 6.92 Å². The SMILES string of the molecule is COC(=O)c1nc(C)cc(NC(C)c2ccccc2F)n1. The molecule has 1 atom stereocenters. The first-order chi connectivity index (χ1) is 10.0. The van der Waals surface area contributed by atoms with Gasteiger partial charge in [0, 0.05) is 17.3 Å². The molecule has 1 heterocycles. The molecular formula is C15H16FN3O2. The molecule has 0 aliphatic heterocycles. The molecule has 1 aromatic heterocycles. The summed E-state index contributed by atoms with van der Waals surface area (Å²) < 4.78 is 18.3. The van der Waals surface area contributed by atoms with Gasteiger partial charge in [-0.05, 0) is 19.9 Å². The minimum Gasteiger partial charge on any atom is -0.463 e. The maximum absolute atomic E-state index is 13.7. The zero-order valence-corrected chi connectivity index (χ0v) is 12.1. The lowest BCUT2D eigenvalue weighted by atomic mass is 10.1. The zero-order valence-electron chi connectivity index (χ0n) is 12.1. The largest absolute Gasteiger partial charge is 0.463 e. The standard InChI is InChI=1S/C15H16FN3O2/c1-9-8-13(19-14(17-9)15(20)21-3)18-10(2)11-6-4-5-7-12(11)16/h4-8,10H,1-3H3,(H,17,18,19). The number of nitrogens with zero attached hydrogens (tertiary/aromatic N) is 2. The zero-order chi connectivity index (χ0) is 15.4. The van der Waals surface area contributed by atoms with Crippen LogP contribution in [0.3, 0.4) is 0 Å². The van der Waals surface area contributed by atoms with Gasteiger partial charge in [0.05, 0.1) is 13.2 Å². The van der Waals surface area contributed by atoms with Crippen molar-refractivity contribution in [3.05, 3.63) is 53.2 Å². The molecule has 1 N–H and O–H groups in total. The average Bonchev–Trinajstić information content (AvgIpc) is 2.46. The van der Waals surface area contributed by atoms with Gasteiger partial charge in [-0.1, -0.05) is 18.2 Å². The molecule has 21 heavy (non-hydrogen) atoms. The predicted molar refractivity (Wildman–Crippen MR) is 76.5 cm³/mol. The van der Waals surface area contributed by atoms with Crippen LogP contribution in [0.1, 0.15) is 34.8 Å². The number of hydrogen-bond donors (Lipinski definition) is 1. The summed E-state index contributed by atoms with van der Waals surface area (Å²) in [5.74, 6) is -0.490. The summed E-state index contributed by atoms with van der Waals surface area (Å²) in [5.41, 5.74) is 1.14. The lowest BCUT2D eigenvalue weighted by Crippen LogP contribution is -2.14. The molecule has 0 bridgehead atoms. The normalized spacial score (nSPS) is 11.8. The number of halogens is 1. The van der Waals surface area contributed by atoms with Gasteiger partial charge >= 0.3 is 5.97 Å². The molecule has 0 aliphatic carbocycles. The van der Waals surface area contributed by atoms with Crippen molar-refractivity contribution >= 4 is 11.8 Å². The van der Waals surface area contributed by atoms with Crippen LogP contribution in [0.4, 0.5) is 10.2 Å². The van der Waals surface area contributed by atoms with E-state index in [0.717, 1.165) is 0 Å². The van der Waals surface area contributed by atoms with Crippen LogP contribution in [0, 0.1) is 12.7 Å². The van der Waals surface area contributed by atoms with Crippen molar-refractivity contribution < 1.29 is 13.9 Å². The third-order valence-corrected chi connectivity index (χ3v) is 2.96. The fourth-order valence-corrected chi connectivity index (χ4v) is 1.95. The first-order valence-electron chi connectivity index (χ1n) is 6.46. The van der Waals surface area contributed by atoms with Crippen molar-refractivity contribution in [1.82, 2.24) is 9.97 Å². The molecule has 1 unspecified atom stereocenters. The van der Waals surface area contributed by atoms with E-state index < -0.39 is 5.97 Å². The van der Waals surface area contributed by atoms with Gasteiger partial charge in [0.2, 0.25) is 5.82 Å². The van der Waals surface area contributed by atoms with Crippen molar-refractivity contribution in [2.24, 2.45) is 0 Å². The monoisotopic (exact) mass is 289 g/mol. The number of nitrogens with one attached hydrogen (secondary N) is 1. The van der Waals surface area contributed by atoms with Crippen LogP contribution in [-0.4, -0.2) is 23.0 Å². The number of methoxy groups -OCH3 is 1. The number of hydrogen-bond acceptors (Lipinski definition) is 5. The van der Waals surface area contributed by atoms with Crippen LogP contribution in [0.15, 0.2) is 30.3 Å². The van der Waals surface area contributed by atoms with E-state index >= 15 is 0 Å². The van der Waals surface area contributed by atoms with Gasteiger partial charge in [-0.2, -0.15) is 0 Å². The summed E-state index contributed by atoms with van der Waals surface area (Å²) in [6, 6.07) is 7.88. The Bertz CT molecular complexity index is 661. The van der Waals surface area contributed by atoms with E-state index in [0.29, 0.717) is 17.1 Å². The minimum absolute atomic E-state index is 0.0271. The molecule has 1 aromatic carbocycles. The van der Waals surface area contributed by atoms with Crippen LogP contribution in [-0.2, 0) is 4.74 Å². The van der Waals surface area contributed by atoms with Gasteiger partial charge in [0.15, 0.2) is 0 Å². The number of benzene rings is 1. The Labute approximate surface area is 122 Å². The third-order valence-electron chi connectivity index (χ3n) is 2.96. The molecule has 6 heteroatoms. The molecule has 2 aromatic rings. The number of anilines is 1. The first kappa shape index (κ1) is 14.9. The smallest absolute Gasteiger partial charge is 0.376 e. The highest BCUT2D eigenvalue weighted by molar-refractivity contribution is 5.85. The molecule has 0 saturated carbocycles. The molecular weight excluding hydrogens is 273 g/mol. The Morgan fingerprint density at radius 3 is 2.71 bits per heavy atom. The summed E-state index contributed by atoms with van der Waals surface area (Å²) in [6.45, 7) is 3.56. The van der Waals surface area contributed by atoms with E-state index in [1.165, 1.54) is 13.2 Å². The van der Waals surface area contributed by atoms with E-state index in [2.05, 4.69) is 20.0 Å². The summed E-state index contributed by atoms with van der Waals surface area (Å²) in [6.07, 6.45) is 0. The number of carbonyl (C=O) groups is 1. The molecule has 0 radical (unpaired) electrons. The molecule has 0 saturated heterocycles. The minimum atomic E-state index is -0.611. The summed E-state index contributed by atoms with van der Waals surface area (Å²) in [5, 5.41) is 3.06. The molecule has 0 amide bonds. The predicted octanol–water partition coefficient (Wildman–Crippen LogP) is 2.88. The number of ether oxygens (including phenoxy) is 1. The van der Waals surface area contributed by atoms with E-state index in [1.54, 1.807) is 31.2 Å². The number of aryl methyl sites for hydroxylation is 1. The molecule has 110 valence electrons. The van der Waals surface area contributed by atoms with Crippen molar-refractivity contribution in [3.63, 3.8) is 0 Å². The van der Waals surface area contributed by atoms with Crippen molar-refractivity contribution in [3.8, 4) is 0 Å². The fourth-order valence-electron chi connectivity index (χ4n) is 1.95. The van der Waals surface area contributed by atoms with E-state index in [-0.39, 0.29) is 17.7 Å². The Kier molecular flexibility index (Phi) is 4.47. The van der Waals surface area contributed by atoms with Crippen molar-refractivity contribution in [1.29, 1.82) is 0 Å². The number of carbonyl (C=O) groups excluding carboxylic acids is 1. The molecule has 2 rings (SSSR count). The van der Waals surface area contributed by atoms with Crippen LogP contribution < -0.4 is 5.32 Å². The van der Waals surface area contributed by atoms with Crippen molar-refractivity contribution in [2.75, 3.05) is 12.4 Å². The van der Waals surface area contributed by atoms with E-state index in [9.17, 15) is 9.18 Å². The van der Waals surface area contributed by atoms with Gasteiger partial charge in [-0.3, -0.25) is 0 Å². The van der Waals surface area contributed by atoms with E-state index in [4.69, 9.17) is 0 Å². The third kappa shape index (κ3) is 3.53. The second kappa shape index (κ2) is 6.30. The Morgan fingerprint density at radius 1 is 1.33 bits per heavy atom. The summed E-state index contributed by atoms with van der Waals surface area (Å²) in [7, 11) is 1.27. The highest BCUT2D eigenvalue weighted by Gasteiger charge is 2.14. The lowest BCUT2D eigenvalue weighted by molar-refractivity contribution is 0.0586. The number of esters is 1. The summed E-state index contributed by atoms with van der Waals surface area (Å²) >= 11 is 0. The van der Waals surface area contributed by atoms with Gasteiger partial charge in [-0.25, -0.2) is 19.2 Å². The fraction of sp³-hybridized carbons (Fsp3) is 0.267. The number of aromatic nitrogens is 2. The Morgan fingerprint density at radius 2 is 2.05 bits per heavy atom. The molecule has 0 fully saturated rings. The first-order valence-corrected chi connectivity index (χ1v) is 6.46. The number of rotatable bonds is 4. The van der Waals surface area contributed by atoms with Gasteiger partial charge in [-0.15, -0.1) is 0 Å². The highest BCUT2D eigenvalue weighted by Crippen LogP contribution is 2.20. The lowest BCUT2D eigenvalue weighted by Gasteiger charge is -2.16. The Hall–Kier alpha value is -2.50. The van der Waals surface area contributed by atoms with Crippen LogP contribution in [0.25, 0.3) is 0 Å². The maximum atomic E-state index is 13.7. The van der Waals surface area contributed by atoms with Gasteiger partial charge in [0.1, 0.15) is 11.6 Å². The highest BCUT2D eigenvalue weighted by atomic mass is 19.1. The topological polar surface area (TPSA) is 64.1 Å². The second-order valence-corrected chi connectivity index (χ2v) is 4.60. The molecule has 0 aliphatic rings. The van der Waals surface area contributed by atoms with Crippen molar-refractivity contribution in [2.45, 2.75) is 19.9 Å². The van der Waals surface area contributed by atoms with Gasteiger partial charge < -0.3 is 10.1 Å². The van der Waals surface area contributed by atoms with Gasteiger partial charge in [0.25, 0.3) is 0 Å². The maximum Gasteiger partial charge on any atom is 0.376 e.